The summed E-state index contributed by atoms with van der Waals surface area (Å²) in [6, 6.07) is 45.7. The van der Waals surface area contributed by atoms with Crippen molar-refractivity contribution < 1.29 is 23.2 Å². The van der Waals surface area contributed by atoms with Crippen molar-refractivity contribution >= 4 is 54.4 Å². The molecule has 0 fully saturated rings. The van der Waals surface area contributed by atoms with E-state index in [9.17, 15) is 0 Å². The van der Waals surface area contributed by atoms with Crippen LogP contribution >= 0.6 is 0 Å². The molecule has 214 valence electrons. The van der Waals surface area contributed by atoms with Gasteiger partial charge in [0.1, 0.15) is 0 Å². The summed E-state index contributed by atoms with van der Waals surface area (Å²) < 4.78 is 0.964. The van der Waals surface area contributed by atoms with Gasteiger partial charge in [-0.1, -0.05) is 13.1 Å². The summed E-state index contributed by atoms with van der Waals surface area (Å²) in [5, 5.41) is 5.41. The van der Waals surface area contributed by atoms with Crippen LogP contribution < -0.4 is 0 Å². The van der Waals surface area contributed by atoms with Gasteiger partial charge in [-0.3, -0.25) is 0 Å². The van der Waals surface area contributed by atoms with E-state index >= 15 is 0 Å². The molecule has 2 unspecified atom stereocenters. The number of rotatable bonds is 4. The maximum atomic E-state index is 2.51. The number of aryl methyl sites for hydroxylation is 2. The Hall–Kier alpha value is -3.58. The summed E-state index contributed by atoms with van der Waals surface area (Å²) in [5.74, 6) is 0. The van der Waals surface area contributed by atoms with Crippen molar-refractivity contribution in [3.8, 4) is 0 Å². The Morgan fingerprint density at radius 1 is 0.500 bits per heavy atom. The first kappa shape index (κ1) is 29.1. The van der Waals surface area contributed by atoms with Crippen LogP contribution in [-0.2, 0) is 23.2 Å². The van der Waals surface area contributed by atoms with E-state index in [1.165, 1.54) is 77.2 Å². The fourth-order valence-electron chi connectivity index (χ4n) is 7.04. The quantitative estimate of drug-likeness (QED) is 0.165. The van der Waals surface area contributed by atoms with Crippen LogP contribution in [0.5, 0.6) is 0 Å². The van der Waals surface area contributed by atoms with Crippen molar-refractivity contribution in [3.05, 3.63) is 166 Å². The molecule has 0 radical (unpaired) electrons. The van der Waals surface area contributed by atoms with Crippen molar-refractivity contribution in [1.82, 2.24) is 0 Å². The standard InChI is InChI=1S/2C20H15.C2H8Si.Zr/c2*1-14-10-17-8-4-5-9-19(17)20(11-14)18-12-15-6-2-3-7-16(15)13-18;1-3-2;/h2*2-13H,1H3;3H2,1-2H3;. The first-order valence-corrected chi connectivity index (χ1v) is 21.6. The topological polar surface area (TPSA) is 0 Å². The van der Waals surface area contributed by atoms with Crippen molar-refractivity contribution in [2.24, 2.45) is 0 Å². The van der Waals surface area contributed by atoms with Gasteiger partial charge < -0.3 is 0 Å². The molecule has 0 bridgehead atoms. The number of fused-ring (bicyclic) bond motifs is 4. The van der Waals surface area contributed by atoms with E-state index in [2.05, 4.69) is 160 Å². The fraction of sp³-hybridized carbons (Fsp3) is 0.143. The summed E-state index contributed by atoms with van der Waals surface area (Å²) >= 11 is -1.13. The van der Waals surface area contributed by atoms with E-state index in [0.29, 0.717) is 16.8 Å². The van der Waals surface area contributed by atoms with Gasteiger partial charge >= 0.3 is 255 Å². The molecule has 0 spiro atoms. The van der Waals surface area contributed by atoms with E-state index in [-0.39, 0.29) is 0 Å². The van der Waals surface area contributed by atoms with Crippen LogP contribution in [0.1, 0.15) is 51.8 Å². The predicted molar refractivity (Wildman–Crippen MR) is 192 cm³/mol. The van der Waals surface area contributed by atoms with Crippen molar-refractivity contribution in [2.75, 3.05) is 0 Å². The van der Waals surface area contributed by atoms with Gasteiger partial charge in [0.2, 0.25) is 0 Å². The van der Waals surface area contributed by atoms with Crippen LogP contribution in [0.2, 0.25) is 13.1 Å². The Bertz CT molecular complexity index is 1930. The molecule has 2 heteroatoms. The summed E-state index contributed by atoms with van der Waals surface area (Å²) in [5.41, 5.74) is 14.4. The fourth-order valence-corrected chi connectivity index (χ4v) is 12.1. The summed E-state index contributed by atoms with van der Waals surface area (Å²) in [6.07, 6.45) is 5.02. The molecule has 2 aliphatic carbocycles. The van der Waals surface area contributed by atoms with Gasteiger partial charge in [-0.2, -0.15) is 0 Å². The molecule has 0 N–H and O–H groups in total. The van der Waals surface area contributed by atoms with Gasteiger partial charge in [-0.05, 0) is 0 Å². The van der Waals surface area contributed by atoms with Crippen LogP contribution in [0.4, 0.5) is 0 Å². The Morgan fingerprint density at radius 3 is 1.34 bits per heavy atom. The molecule has 0 saturated carbocycles. The molecule has 2 atom stereocenters. The van der Waals surface area contributed by atoms with E-state index in [4.69, 9.17) is 0 Å². The molecule has 0 saturated heterocycles. The predicted octanol–water partition coefficient (Wildman–Crippen LogP) is 10.8. The van der Waals surface area contributed by atoms with Crippen molar-refractivity contribution in [1.29, 1.82) is 0 Å². The number of hydrogen-bond acceptors (Lipinski definition) is 0. The normalized spacial score (nSPS) is 16.5. The Kier molecular flexibility index (Phi) is 8.23. The van der Waals surface area contributed by atoms with Crippen LogP contribution in [0.15, 0.2) is 121 Å². The van der Waals surface area contributed by atoms with Crippen LogP contribution in [0, 0.1) is 13.8 Å². The zero-order valence-electron chi connectivity index (χ0n) is 26.1. The summed E-state index contributed by atoms with van der Waals surface area (Å²) in [4.78, 5) is 0. The van der Waals surface area contributed by atoms with Gasteiger partial charge in [-0.25, -0.2) is 0 Å². The minimum absolute atomic E-state index is 0.417. The minimum atomic E-state index is -1.13. The second-order valence-corrected chi connectivity index (χ2v) is 17.3. The van der Waals surface area contributed by atoms with Gasteiger partial charge in [-0.15, -0.1) is 0 Å². The molecule has 6 aromatic carbocycles. The van der Waals surface area contributed by atoms with Gasteiger partial charge in [0.25, 0.3) is 0 Å². The average molecular weight is 662 g/mol. The first-order valence-electron chi connectivity index (χ1n) is 15.9. The molecule has 0 amide bonds. The summed E-state index contributed by atoms with van der Waals surface area (Å²) in [7, 11) is 0.417. The molecule has 0 nitrogen and oxygen atoms in total. The van der Waals surface area contributed by atoms with Crippen LogP contribution in [-0.4, -0.2) is 9.52 Å². The molecule has 0 aromatic heterocycles. The third-order valence-electron chi connectivity index (χ3n) is 8.83. The third-order valence-corrected chi connectivity index (χ3v) is 13.5. The molecule has 44 heavy (non-hydrogen) atoms. The first-order chi connectivity index (χ1) is 21.6. The van der Waals surface area contributed by atoms with E-state index < -0.39 is 23.2 Å². The molecular weight excluding hydrogens is 624 g/mol. The molecule has 2 aliphatic rings. The Labute approximate surface area is 276 Å². The Balaban J connectivity index is 0.00000100. The maximum absolute atomic E-state index is 2.51. The molecular formula is C42H38SiZr. The monoisotopic (exact) mass is 660 g/mol. The van der Waals surface area contributed by atoms with E-state index in [1.54, 1.807) is 0 Å². The molecule has 6 aromatic rings. The number of benzene rings is 6. The second-order valence-electron chi connectivity index (χ2n) is 12.3. The molecule has 0 aliphatic heterocycles. The van der Waals surface area contributed by atoms with Crippen LogP contribution in [0.25, 0.3) is 44.8 Å². The average Bonchev–Trinajstić information content (AvgIpc) is 3.59. The number of allylic oxidation sites excluding steroid dienone is 2. The van der Waals surface area contributed by atoms with Gasteiger partial charge in [0.15, 0.2) is 0 Å². The molecule has 0 heterocycles. The zero-order valence-corrected chi connectivity index (χ0v) is 29.9. The SMILES string of the molecule is C[SiH2]C.Cc1cc(C2=Cc3ccccc3[CH]2[Zr][CH]2C(c3cc(C)cc4ccccc34)=Cc3ccccc32)c2ccccc2c1. The van der Waals surface area contributed by atoms with E-state index in [0.717, 1.165) is 0 Å². The van der Waals surface area contributed by atoms with Crippen molar-refractivity contribution in [3.63, 3.8) is 0 Å². The van der Waals surface area contributed by atoms with Gasteiger partial charge in [0.05, 0.1) is 0 Å². The third kappa shape index (κ3) is 5.33. The summed E-state index contributed by atoms with van der Waals surface area (Å²) in [6.45, 7) is 9.01. The van der Waals surface area contributed by atoms with Crippen molar-refractivity contribution in [2.45, 2.75) is 34.2 Å². The van der Waals surface area contributed by atoms with Crippen LogP contribution in [0.3, 0.4) is 0 Å². The Morgan fingerprint density at radius 2 is 0.886 bits per heavy atom. The molecule has 8 rings (SSSR count). The zero-order chi connectivity index (χ0) is 30.2. The van der Waals surface area contributed by atoms with Gasteiger partial charge in [0, 0.05) is 9.52 Å². The second kappa shape index (κ2) is 12.4. The number of hydrogen-bond donors (Lipinski definition) is 0. The van der Waals surface area contributed by atoms with E-state index in [1.807, 2.05) is 0 Å².